The quantitative estimate of drug-likeness (QED) is 0.154. The predicted octanol–water partition coefficient (Wildman–Crippen LogP) is 19.4. The average molecular weight is 968 g/mol. The molecule has 0 spiro atoms. The van der Waals surface area contributed by atoms with Crippen LogP contribution in [0, 0.1) is 0 Å². The zero-order chi connectivity index (χ0) is 51.6. The monoisotopic (exact) mass is 968 g/mol. The van der Waals surface area contributed by atoms with Crippen LogP contribution >= 0.6 is 0 Å². The summed E-state index contributed by atoms with van der Waals surface area (Å²) in [7, 11) is 0. The minimum absolute atomic E-state index is 0.0528. The van der Waals surface area contributed by atoms with Gasteiger partial charge in [-0.05, 0) is 148 Å². The standard InChI is InChI=1S/C74H65N/c1-70(2,3)49-26-21-28-51(44-49)74(52-29-22-27-50(45-52)71(4,5)6)65-38-19-15-31-56(65)59-43-41-54(47-67(59)74)75(53-40-42-58-55-30-14-18-37-64(55)73(9,66(58)46-53)48-24-11-10-12-25-48)68-39-20-16-33-60(68)62-35-23-34-61-57-32-13-17-36-63(57)72(7,8)69(61)62/h10-47H,1-9H3. The van der Waals surface area contributed by atoms with E-state index in [1.807, 2.05) is 0 Å². The van der Waals surface area contributed by atoms with Crippen molar-refractivity contribution in [3.63, 3.8) is 0 Å². The van der Waals surface area contributed by atoms with E-state index in [0.717, 1.165) is 17.1 Å². The zero-order valence-electron chi connectivity index (χ0n) is 44.9. The van der Waals surface area contributed by atoms with E-state index in [0.29, 0.717) is 0 Å². The normalized spacial score (nSPS) is 16.3. The number of para-hydroxylation sites is 1. The molecule has 366 valence electrons. The van der Waals surface area contributed by atoms with Crippen molar-refractivity contribution >= 4 is 17.1 Å². The molecule has 10 aromatic carbocycles. The second-order valence-electron chi connectivity index (χ2n) is 24.2. The van der Waals surface area contributed by atoms with Gasteiger partial charge in [-0.15, -0.1) is 0 Å². The molecule has 3 aliphatic carbocycles. The molecule has 0 amide bonds. The summed E-state index contributed by atoms with van der Waals surface area (Å²) in [5.41, 5.74) is 26.8. The summed E-state index contributed by atoms with van der Waals surface area (Å²) in [6, 6.07) is 88.2. The third kappa shape index (κ3) is 6.90. The Morgan fingerprint density at radius 1 is 0.307 bits per heavy atom. The first-order valence-corrected chi connectivity index (χ1v) is 27.0. The second kappa shape index (κ2) is 16.8. The molecule has 0 N–H and O–H groups in total. The smallest absolute Gasteiger partial charge is 0.0714 e. The van der Waals surface area contributed by atoms with Crippen molar-refractivity contribution in [3.05, 3.63) is 292 Å². The molecule has 1 heteroatoms. The second-order valence-corrected chi connectivity index (χ2v) is 24.2. The van der Waals surface area contributed by atoms with Gasteiger partial charge in [0, 0.05) is 27.8 Å². The van der Waals surface area contributed by atoms with Gasteiger partial charge in [-0.2, -0.15) is 0 Å². The van der Waals surface area contributed by atoms with E-state index in [9.17, 15) is 0 Å². The van der Waals surface area contributed by atoms with Crippen molar-refractivity contribution in [2.24, 2.45) is 0 Å². The molecule has 1 atom stereocenters. The van der Waals surface area contributed by atoms with Crippen LogP contribution in [-0.2, 0) is 27.1 Å². The molecular weight excluding hydrogens is 903 g/mol. The van der Waals surface area contributed by atoms with E-state index in [1.54, 1.807) is 0 Å². The van der Waals surface area contributed by atoms with Crippen molar-refractivity contribution in [1.82, 2.24) is 0 Å². The third-order valence-corrected chi connectivity index (χ3v) is 17.5. The van der Waals surface area contributed by atoms with Gasteiger partial charge in [0.2, 0.25) is 0 Å². The third-order valence-electron chi connectivity index (χ3n) is 17.5. The molecule has 0 saturated heterocycles. The number of hydrogen-bond acceptors (Lipinski definition) is 1. The van der Waals surface area contributed by atoms with Gasteiger partial charge in [0.15, 0.2) is 0 Å². The van der Waals surface area contributed by atoms with Crippen molar-refractivity contribution in [2.75, 3.05) is 4.90 Å². The zero-order valence-corrected chi connectivity index (χ0v) is 44.9. The molecule has 10 aromatic rings. The highest BCUT2D eigenvalue weighted by atomic mass is 15.1. The van der Waals surface area contributed by atoms with Crippen LogP contribution in [0.4, 0.5) is 17.1 Å². The largest absolute Gasteiger partial charge is 0.310 e. The fourth-order valence-electron chi connectivity index (χ4n) is 13.7. The lowest BCUT2D eigenvalue weighted by Crippen LogP contribution is -2.30. The first-order chi connectivity index (χ1) is 36.1. The minimum atomic E-state index is -0.628. The molecule has 13 rings (SSSR count). The average Bonchev–Trinajstić information content (AvgIpc) is 3.98. The molecule has 75 heavy (non-hydrogen) atoms. The van der Waals surface area contributed by atoms with Gasteiger partial charge in [0.1, 0.15) is 0 Å². The van der Waals surface area contributed by atoms with E-state index < -0.39 is 5.41 Å². The first kappa shape index (κ1) is 46.8. The van der Waals surface area contributed by atoms with E-state index >= 15 is 0 Å². The maximum atomic E-state index is 2.59. The van der Waals surface area contributed by atoms with Gasteiger partial charge in [0.05, 0.1) is 11.1 Å². The molecule has 1 unspecified atom stereocenters. The van der Waals surface area contributed by atoms with Gasteiger partial charge in [-0.3, -0.25) is 0 Å². The van der Waals surface area contributed by atoms with Crippen LogP contribution in [0.3, 0.4) is 0 Å². The molecule has 0 bridgehead atoms. The summed E-state index contributed by atoms with van der Waals surface area (Å²) >= 11 is 0. The Morgan fingerprint density at radius 3 is 1.32 bits per heavy atom. The molecule has 0 aliphatic heterocycles. The van der Waals surface area contributed by atoms with Crippen molar-refractivity contribution in [1.29, 1.82) is 0 Å². The van der Waals surface area contributed by atoms with Crippen molar-refractivity contribution in [2.45, 2.75) is 89.4 Å². The first-order valence-electron chi connectivity index (χ1n) is 27.0. The van der Waals surface area contributed by atoms with Crippen molar-refractivity contribution in [3.8, 4) is 44.5 Å². The van der Waals surface area contributed by atoms with Gasteiger partial charge in [0.25, 0.3) is 0 Å². The molecule has 0 aromatic heterocycles. The van der Waals surface area contributed by atoms with E-state index in [-0.39, 0.29) is 21.7 Å². The fraction of sp³-hybridized carbons (Fsp3) is 0.189. The van der Waals surface area contributed by atoms with Gasteiger partial charge in [-0.1, -0.05) is 256 Å². The van der Waals surface area contributed by atoms with Gasteiger partial charge >= 0.3 is 0 Å². The molecule has 0 fully saturated rings. The van der Waals surface area contributed by atoms with E-state index in [2.05, 4.69) is 298 Å². The Kier molecular flexibility index (Phi) is 10.4. The molecule has 0 radical (unpaired) electrons. The van der Waals surface area contributed by atoms with Crippen LogP contribution in [0.1, 0.15) is 124 Å². The summed E-state index contributed by atoms with van der Waals surface area (Å²) in [6.07, 6.45) is 0. The molecule has 3 aliphatic rings. The molecule has 1 nitrogen and oxygen atoms in total. The molecular formula is C74H65N. The number of benzene rings is 10. The van der Waals surface area contributed by atoms with Crippen LogP contribution in [-0.4, -0.2) is 0 Å². The van der Waals surface area contributed by atoms with Crippen LogP contribution in [0.2, 0.25) is 0 Å². The summed E-state index contributed by atoms with van der Waals surface area (Å²) in [6.45, 7) is 21.3. The summed E-state index contributed by atoms with van der Waals surface area (Å²) in [4.78, 5) is 2.59. The minimum Gasteiger partial charge on any atom is -0.310 e. The highest BCUT2D eigenvalue weighted by molar-refractivity contribution is 5.97. The number of nitrogens with zero attached hydrogens (tertiary/aromatic N) is 1. The Hall–Kier alpha value is -8.00. The molecule has 0 heterocycles. The summed E-state index contributed by atoms with van der Waals surface area (Å²) in [5, 5.41) is 0. The number of hydrogen-bond donors (Lipinski definition) is 0. The lowest BCUT2D eigenvalue weighted by atomic mass is 9.66. The van der Waals surface area contributed by atoms with Crippen LogP contribution in [0.25, 0.3) is 44.5 Å². The van der Waals surface area contributed by atoms with Crippen molar-refractivity contribution < 1.29 is 0 Å². The molecule has 0 saturated carbocycles. The number of fused-ring (bicyclic) bond motifs is 9. The Labute approximate surface area is 445 Å². The summed E-state index contributed by atoms with van der Waals surface area (Å²) in [5.74, 6) is 0. The number of rotatable bonds is 7. The highest BCUT2D eigenvalue weighted by Gasteiger charge is 2.48. The van der Waals surface area contributed by atoms with Gasteiger partial charge in [-0.25, -0.2) is 0 Å². The Balaban J connectivity index is 1.12. The lowest BCUT2D eigenvalue weighted by Gasteiger charge is -2.37. The maximum absolute atomic E-state index is 2.59. The maximum Gasteiger partial charge on any atom is 0.0714 e. The highest BCUT2D eigenvalue weighted by Crippen LogP contribution is 2.60. The van der Waals surface area contributed by atoms with Crippen LogP contribution in [0.15, 0.2) is 231 Å². The predicted molar refractivity (Wildman–Crippen MR) is 316 cm³/mol. The Morgan fingerprint density at radius 2 is 0.720 bits per heavy atom. The van der Waals surface area contributed by atoms with E-state index in [1.165, 1.54) is 106 Å². The van der Waals surface area contributed by atoms with Crippen LogP contribution in [0.5, 0.6) is 0 Å². The van der Waals surface area contributed by atoms with Crippen LogP contribution < -0.4 is 4.90 Å². The topological polar surface area (TPSA) is 3.24 Å². The van der Waals surface area contributed by atoms with Gasteiger partial charge < -0.3 is 4.90 Å². The lowest BCUT2D eigenvalue weighted by molar-refractivity contribution is 0.585. The van der Waals surface area contributed by atoms with E-state index in [4.69, 9.17) is 0 Å². The SMILES string of the molecule is CC(C)(C)c1cccc(C2(c3cccc(C(C)(C)C)c3)c3ccccc3-c3ccc(N(c4ccc5c(c4)C(C)(c4ccccc4)c4ccccc4-5)c4ccccc4-c4cccc5c4C(C)(C)c4ccccc4-5)cc32)c1. The Bertz CT molecular complexity index is 3850. The summed E-state index contributed by atoms with van der Waals surface area (Å²) < 4.78 is 0. The number of anilines is 3. The fourth-order valence-corrected chi connectivity index (χ4v) is 13.7.